The third-order valence-corrected chi connectivity index (χ3v) is 6.01. The zero-order valence-corrected chi connectivity index (χ0v) is 16.7. The van der Waals surface area contributed by atoms with Crippen LogP contribution in [-0.2, 0) is 13.0 Å². The molecule has 6 nitrogen and oxygen atoms in total. The van der Waals surface area contributed by atoms with E-state index in [1.54, 1.807) is 0 Å². The summed E-state index contributed by atoms with van der Waals surface area (Å²) >= 11 is 3.64. The zero-order chi connectivity index (χ0) is 18.0. The third-order valence-electron chi connectivity index (χ3n) is 4.16. The van der Waals surface area contributed by atoms with Crippen molar-refractivity contribution in [3.05, 3.63) is 43.8 Å². The molecule has 25 heavy (non-hydrogen) atoms. The third kappa shape index (κ3) is 4.13. The van der Waals surface area contributed by atoms with Crippen molar-refractivity contribution in [1.82, 2.24) is 4.90 Å². The Morgan fingerprint density at radius 3 is 2.64 bits per heavy atom. The summed E-state index contributed by atoms with van der Waals surface area (Å²) in [5, 5.41) is 6.09. The van der Waals surface area contributed by atoms with Gasteiger partial charge in [-0.1, -0.05) is 6.92 Å². The summed E-state index contributed by atoms with van der Waals surface area (Å²) in [6, 6.07) is 7.10. The average molecular weight is 470 g/mol. The first-order valence-electron chi connectivity index (χ1n) is 7.98. The van der Waals surface area contributed by atoms with Crippen molar-refractivity contribution in [2.45, 2.75) is 19.9 Å². The molecule has 132 valence electrons. The number of halogens is 1. The Bertz CT molecular complexity index is 804. The van der Waals surface area contributed by atoms with Crippen LogP contribution in [0.3, 0.4) is 0 Å². The van der Waals surface area contributed by atoms with E-state index < -0.39 is 5.91 Å². The number of rotatable bonds is 4. The molecule has 0 atom stereocenters. The number of nitrogens with one attached hydrogen (secondary N) is 2. The van der Waals surface area contributed by atoms with Crippen molar-refractivity contribution in [1.29, 1.82) is 0 Å². The molecule has 0 spiro atoms. The van der Waals surface area contributed by atoms with Crippen molar-refractivity contribution in [2.24, 2.45) is 5.73 Å². The van der Waals surface area contributed by atoms with Crippen LogP contribution in [-0.4, -0.2) is 29.9 Å². The predicted octanol–water partition coefficient (Wildman–Crippen LogP) is 3.47. The molecule has 0 saturated carbocycles. The van der Waals surface area contributed by atoms with Gasteiger partial charge in [0.1, 0.15) is 5.00 Å². The maximum atomic E-state index is 12.3. The van der Waals surface area contributed by atoms with Crippen LogP contribution in [0.1, 0.15) is 27.7 Å². The van der Waals surface area contributed by atoms with E-state index in [1.165, 1.54) is 11.3 Å². The van der Waals surface area contributed by atoms with Crippen molar-refractivity contribution in [3.63, 3.8) is 0 Å². The van der Waals surface area contributed by atoms with Gasteiger partial charge in [0.2, 0.25) is 0 Å². The topological polar surface area (TPSA) is 87.5 Å². The number of urea groups is 1. The maximum absolute atomic E-state index is 12.3. The van der Waals surface area contributed by atoms with Gasteiger partial charge in [-0.3, -0.25) is 15.0 Å². The molecule has 1 aliphatic heterocycles. The Hall–Kier alpha value is -1.65. The molecule has 0 radical (unpaired) electrons. The predicted molar refractivity (Wildman–Crippen MR) is 109 cm³/mol. The highest BCUT2D eigenvalue weighted by atomic mass is 127. The van der Waals surface area contributed by atoms with Gasteiger partial charge in [-0.05, 0) is 65.4 Å². The lowest BCUT2D eigenvalue weighted by molar-refractivity contribution is 0.1000. The van der Waals surface area contributed by atoms with Gasteiger partial charge in [-0.2, -0.15) is 0 Å². The molecule has 1 aliphatic rings. The lowest BCUT2D eigenvalue weighted by atomic mass is 10.0. The molecule has 0 fully saturated rings. The van der Waals surface area contributed by atoms with Crippen molar-refractivity contribution >= 4 is 56.6 Å². The second-order valence-corrected chi connectivity index (χ2v) is 8.13. The quantitative estimate of drug-likeness (QED) is 0.599. The average Bonchev–Trinajstić information content (AvgIpc) is 2.93. The van der Waals surface area contributed by atoms with Crippen LogP contribution in [0.5, 0.6) is 0 Å². The van der Waals surface area contributed by atoms with Gasteiger partial charge in [-0.25, -0.2) is 4.79 Å². The smallest absolute Gasteiger partial charge is 0.324 e. The number of carbonyl (C=O) groups is 2. The molecule has 3 amide bonds. The van der Waals surface area contributed by atoms with Crippen molar-refractivity contribution < 1.29 is 9.59 Å². The Morgan fingerprint density at radius 2 is 2.00 bits per heavy atom. The van der Waals surface area contributed by atoms with E-state index in [2.05, 4.69) is 45.0 Å². The van der Waals surface area contributed by atoms with Crippen LogP contribution in [0.15, 0.2) is 24.3 Å². The molecular formula is C17H19IN4O2S. The van der Waals surface area contributed by atoms with Gasteiger partial charge < -0.3 is 11.1 Å². The highest BCUT2D eigenvalue weighted by molar-refractivity contribution is 14.1. The molecular weight excluding hydrogens is 451 g/mol. The van der Waals surface area contributed by atoms with Gasteiger partial charge in [0.15, 0.2) is 0 Å². The number of anilines is 2. The number of hydrogen-bond acceptors (Lipinski definition) is 4. The number of carbonyl (C=O) groups excluding carboxylic acids is 2. The standard InChI is InChI=1S/C17H19IN4O2S/c1-2-22-8-7-12-13(9-22)25-16(14(12)15(19)23)21-17(24)20-11-5-3-10(18)4-6-11/h3-6H,2,7-9H2,1H3,(H2,19,23)(H2,20,21,24). The highest BCUT2D eigenvalue weighted by Gasteiger charge is 2.27. The SMILES string of the molecule is CCN1CCc2c(sc(NC(=O)Nc3ccc(I)cc3)c2C(N)=O)C1. The molecule has 3 rings (SSSR count). The van der Waals surface area contributed by atoms with Gasteiger partial charge in [0, 0.05) is 27.2 Å². The number of primary amides is 1. The lowest BCUT2D eigenvalue weighted by Gasteiger charge is -2.25. The first-order chi connectivity index (χ1) is 12.0. The van der Waals surface area contributed by atoms with Gasteiger partial charge in [-0.15, -0.1) is 11.3 Å². The highest BCUT2D eigenvalue weighted by Crippen LogP contribution is 2.36. The number of amides is 3. The largest absolute Gasteiger partial charge is 0.365 e. The molecule has 0 saturated heterocycles. The molecule has 2 aromatic rings. The number of hydrogen-bond donors (Lipinski definition) is 3. The number of nitrogens with two attached hydrogens (primary N) is 1. The summed E-state index contributed by atoms with van der Waals surface area (Å²) in [6.45, 7) is 4.76. The van der Waals surface area contributed by atoms with E-state index in [0.717, 1.165) is 40.1 Å². The van der Waals surface area contributed by atoms with E-state index in [-0.39, 0.29) is 6.03 Å². The minimum Gasteiger partial charge on any atom is -0.365 e. The zero-order valence-electron chi connectivity index (χ0n) is 13.8. The summed E-state index contributed by atoms with van der Waals surface area (Å²) in [5.74, 6) is -0.494. The Morgan fingerprint density at radius 1 is 1.28 bits per heavy atom. The molecule has 8 heteroatoms. The fourth-order valence-corrected chi connectivity index (χ4v) is 4.52. The van der Waals surface area contributed by atoms with Crippen molar-refractivity contribution in [3.8, 4) is 0 Å². The summed E-state index contributed by atoms with van der Waals surface area (Å²) in [6.07, 6.45) is 0.776. The van der Waals surface area contributed by atoms with Crippen LogP contribution in [0.25, 0.3) is 0 Å². The summed E-state index contributed by atoms with van der Waals surface area (Å²) in [5.41, 5.74) is 7.70. The number of thiophene rings is 1. The maximum Gasteiger partial charge on any atom is 0.324 e. The monoisotopic (exact) mass is 470 g/mol. The van der Waals surface area contributed by atoms with Gasteiger partial charge in [0.05, 0.1) is 5.56 Å². The van der Waals surface area contributed by atoms with Crippen LogP contribution in [0, 0.1) is 3.57 Å². The van der Waals surface area contributed by atoms with Gasteiger partial charge >= 0.3 is 6.03 Å². The van der Waals surface area contributed by atoms with Crippen LogP contribution >= 0.6 is 33.9 Å². The lowest BCUT2D eigenvalue weighted by Crippen LogP contribution is -2.30. The molecule has 2 heterocycles. The molecule has 4 N–H and O–H groups in total. The van der Waals surface area contributed by atoms with Crippen LogP contribution in [0.2, 0.25) is 0 Å². The number of benzene rings is 1. The van der Waals surface area contributed by atoms with E-state index in [4.69, 9.17) is 5.73 Å². The normalized spacial score (nSPS) is 14.0. The van der Waals surface area contributed by atoms with Crippen molar-refractivity contribution in [2.75, 3.05) is 23.7 Å². The first kappa shape index (κ1) is 18.2. The molecule has 1 aromatic carbocycles. The van der Waals surface area contributed by atoms with E-state index in [9.17, 15) is 9.59 Å². The van der Waals surface area contributed by atoms with E-state index in [0.29, 0.717) is 16.3 Å². The summed E-state index contributed by atoms with van der Waals surface area (Å²) < 4.78 is 1.09. The van der Waals surface area contributed by atoms with E-state index in [1.807, 2.05) is 24.3 Å². The number of fused-ring (bicyclic) bond motifs is 1. The molecule has 0 bridgehead atoms. The molecule has 0 aliphatic carbocycles. The minimum atomic E-state index is -0.494. The fourth-order valence-electron chi connectivity index (χ4n) is 2.87. The van der Waals surface area contributed by atoms with Crippen LogP contribution < -0.4 is 16.4 Å². The van der Waals surface area contributed by atoms with Gasteiger partial charge in [0.25, 0.3) is 5.91 Å². The van der Waals surface area contributed by atoms with E-state index >= 15 is 0 Å². The van der Waals surface area contributed by atoms with Crippen LogP contribution in [0.4, 0.5) is 15.5 Å². The second kappa shape index (κ2) is 7.71. The fraction of sp³-hybridized carbons (Fsp3) is 0.294. The Kier molecular flexibility index (Phi) is 5.60. The molecule has 1 aromatic heterocycles. The Balaban J connectivity index is 1.79. The molecule has 0 unspecified atom stereocenters. The summed E-state index contributed by atoms with van der Waals surface area (Å²) in [7, 11) is 0. The number of likely N-dealkylation sites (N-methyl/N-ethyl adjacent to an activating group) is 1. The second-order valence-electron chi connectivity index (χ2n) is 5.78. The number of nitrogens with zero attached hydrogens (tertiary/aromatic N) is 1. The first-order valence-corrected chi connectivity index (χ1v) is 9.87. The Labute approximate surface area is 163 Å². The summed E-state index contributed by atoms with van der Waals surface area (Å²) in [4.78, 5) is 27.6. The minimum absolute atomic E-state index is 0.380.